The summed E-state index contributed by atoms with van der Waals surface area (Å²) in [5.41, 5.74) is 3.32. The molecule has 0 saturated carbocycles. The lowest BCUT2D eigenvalue weighted by Crippen LogP contribution is -2.12. The van der Waals surface area contributed by atoms with Crippen LogP contribution in [0.1, 0.15) is 15.9 Å². The Kier molecular flexibility index (Phi) is 5.89. The molecule has 2 N–H and O–H groups in total. The topological polar surface area (TPSA) is 72.5 Å². The van der Waals surface area contributed by atoms with Crippen LogP contribution in [0.2, 0.25) is 0 Å². The molecule has 0 spiro atoms. The SMILES string of the molecule is COc1ccc(C(=O)Nc2ccc(NCc3ccncc3)cc2)cc1OC. The van der Waals surface area contributed by atoms with Crippen LogP contribution in [0.5, 0.6) is 11.5 Å². The van der Waals surface area contributed by atoms with Gasteiger partial charge in [0.15, 0.2) is 11.5 Å². The number of anilines is 2. The van der Waals surface area contributed by atoms with E-state index in [1.165, 1.54) is 7.11 Å². The van der Waals surface area contributed by atoms with Gasteiger partial charge in [-0.2, -0.15) is 0 Å². The molecule has 0 bridgehead atoms. The molecule has 3 rings (SSSR count). The van der Waals surface area contributed by atoms with Crippen molar-refractivity contribution in [2.75, 3.05) is 24.9 Å². The molecular weight excluding hydrogens is 342 g/mol. The smallest absolute Gasteiger partial charge is 0.255 e. The molecule has 0 saturated heterocycles. The second kappa shape index (κ2) is 8.71. The number of methoxy groups -OCH3 is 2. The number of rotatable bonds is 7. The molecule has 0 fully saturated rings. The third-order valence-corrected chi connectivity index (χ3v) is 4.03. The fourth-order valence-corrected chi connectivity index (χ4v) is 2.56. The monoisotopic (exact) mass is 363 g/mol. The van der Waals surface area contributed by atoms with Crippen LogP contribution < -0.4 is 20.1 Å². The number of hydrogen-bond donors (Lipinski definition) is 2. The molecule has 1 amide bonds. The van der Waals surface area contributed by atoms with Gasteiger partial charge in [0.2, 0.25) is 0 Å². The van der Waals surface area contributed by atoms with Gasteiger partial charge >= 0.3 is 0 Å². The van der Waals surface area contributed by atoms with E-state index >= 15 is 0 Å². The summed E-state index contributed by atoms with van der Waals surface area (Å²) in [6, 6.07) is 16.5. The van der Waals surface area contributed by atoms with E-state index in [9.17, 15) is 4.79 Å². The number of amides is 1. The summed E-state index contributed by atoms with van der Waals surface area (Å²) in [6.07, 6.45) is 3.54. The van der Waals surface area contributed by atoms with Gasteiger partial charge in [0.05, 0.1) is 14.2 Å². The Hall–Kier alpha value is -3.54. The van der Waals surface area contributed by atoms with Crippen molar-refractivity contribution in [2.45, 2.75) is 6.54 Å². The molecule has 0 aliphatic heterocycles. The number of ether oxygens (including phenoxy) is 2. The largest absolute Gasteiger partial charge is 0.493 e. The van der Waals surface area contributed by atoms with Crippen molar-refractivity contribution in [1.82, 2.24) is 4.98 Å². The highest BCUT2D eigenvalue weighted by atomic mass is 16.5. The molecule has 1 heterocycles. The fourth-order valence-electron chi connectivity index (χ4n) is 2.56. The zero-order valence-corrected chi connectivity index (χ0v) is 15.2. The van der Waals surface area contributed by atoms with Crippen LogP contribution in [0.15, 0.2) is 67.0 Å². The van der Waals surface area contributed by atoms with Crippen LogP contribution >= 0.6 is 0 Å². The number of pyridine rings is 1. The van der Waals surface area contributed by atoms with Crippen LogP contribution in [0.4, 0.5) is 11.4 Å². The summed E-state index contributed by atoms with van der Waals surface area (Å²) in [4.78, 5) is 16.5. The molecule has 2 aromatic carbocycles. The van der Waals surface area contributed by atoms with E-state index in [1.54, 1.807) is 37.7 Å². The molecular formula is C21H21N3O3. The Morgan fingerprint density at radius 3 is 2.22 bits per heavy atom. The van der Waals surface area contributed by atoms with Gasteiger partial charge in [-0.15, -0.1) is 0 Å². The second-order valence-corrected chi connectivity index (χ2v) is 5.81. The normalized spacial score (nSPS) is 10.1. The standard InChI is InChI=1S/C21H21N3O3/c1-26-19-8-3-16(13-20(19)27-2)21(25)24-18-6-4-17(5-7-18)23-14-15-9-11-22-12-10-15/h3-13,23H,14H2,1-2H3,(H,24,25). The maximum atomic E-state index is 12.4. The average Bonchev–Trinajstić information content (AvgIpc) is 2.73. The van der Waals surface area contributed by atoms with Gasteiger partial charge in [-0.25, -0.2) is 0 Å². The van der Waals surface area contributed by atoms with Gasteiger partial charge < -0.3 is 20.1 Å². The first-order valence-corrected chi connectivity index (χ1v) is 8.46. The molecule has 138 valence electrons. The van der Waals surface area contributed by atoms with Crippen molar-refractivity contribution in [1.29, 1.82) is 0 Å². The lowest BCUT2D eigenvalue weighted by molar-refractivity contribution is 0.102. The van der Waals surface area contributed by atoms with Gasteiger partial charge in [-0.1, -0.05) is 0 Å². The Balaban J connectivity index is 1.61. The van der Waals surface area contributed by atoms with Gasteiger partial charge in [0.25, 0.3) is 5.91 Å². The van der Waals surface area contributed by atoms with Gasteiger partial charge in [-0.05, 0) is 60.2 Å². The first-order chi connectivity index (χ1) is 13.2. The number of nitrogens with one attached hydrogen (secondary N) is 2. The number of nitrogens with zero attached hydrogens (tertiary/aromatic N) is 1. The zero-order chi connectivity index (χ0) is 19.1. The molecule has 6 heteroatoms. The Labute approximate surface area is 158 Å². The van der Waals surface area contributed by atoms with E-state index in [-0.39, 0.29) is 5.91 Å². The van der Waals surface area contributed by atoms with E-state index in [4.69, 9.17) is 9.47 Å². The molecule has 0 aliphatic rings. The lowest BCUT2D eigenvalue weighted by atomic mass is 10.1. The molecule has 27 heavy (non-hydrogen) atoms. The van der Waals surface area contributed by atoms with Crippen LogP contribution in [-0.4, -0.2) is 25.1 Å². The van der Waals surface area contributed by atoms with E-state index in [0.29, 0.717) is 29.3 Å². The van der Waals surface area contributed by atoms with Crippen molar-refractivity contribution in [2.24, 2.45) is 0 Å². The van der Waals surface area contributed by atoms with Crippen LogP contribution in [0.25, 0.3) is 0 Å². The molecule has 0 aliphatic carbocycles. The molecule has 0 atom stereocenters. The first-order valence-electron chi connectivity index (χ1n) is 8.46. The van der Waals surface area contributed by atoms with Crippen molar-refractivity contribution >= 4 is 17.3 Å². The van der Waals surface area contributed by atoms with Gasteiger partial charge in [-0.3, -0.25) is 9.78 Å². The van der Waals surface area contributed by atoms with E-state index < -0.39 is 0 Å². The third-order valence-electron chi connectivity index (χ3n) is 4.03. The average molecular weight is 363 g/mol. The maximum Gasteiger partial charge on any atom is 0.255 e. The van der Waals surface area contributed by atoms with Gasteiger partial charge in [0.1, 0.15) is 0 Å². The molecule has 6 nitrogen and oxygen atoms in total. The number of benzene rings is 2. The highest BCUT2D eigenvalue weighted by Crippen LogP contribution is 2.28. The number of aromatic nitrogens is 1. The van der Waals surface area contributed by atoms with Crippen LogP contribution in [0, 0.1) is 0 Å². The maximum absolute atomic E-state index is 12.4. The number of hydrogen-bond acceptors (Lipinski definition) is 5. The van der Waals surface area contributed by atoms with Crippen molar-refractivity contribution in [3.05, 3.63) is 78.1 Å². The molecule has 0 unspecified atom stereocenters. The number of carbonyl (C=O) groups is 1. The molecule has 0 radical (unpaired) electrons. The van der Waals surface area contributed by atoms with Crippen molar-refractivity contribution < 1.29 is 14.3 Å². The first kappa shape index (κ1) is 18.3. The second-order valence-electron chi connectivity index (χ2n) is 5.81. The quantitative estimate of drug-likeness (QED) is 0.665. The van der Waals surface area contributed by atoms with E-state index in [1.807, 2.05) is 36.4 Å². The predicted molar refractivity (Wildman–Crippen MR) is 106 cm³/mol. The highest BCUT2D eigenvalue weighted by Gasteiger charge is 2.11. The summed E-state index contributed by atoms with van der Waals surface area (Å²) in [7, 11) is 3.10. The number of carbonyl (C=O) groups excluding carboxylic acids is 1. The minimum Gasteiger partial charge on any atom is -0.493 e. The summed E-state index contributed by atoms with van der Waals surface area (Å²) in [5, 5.41) is 6.21. The fraction of sp³-hybridized carbons (Fsp3) is 0.143. The summed E-state index contributed by atoms with van der Waals surface area (Å²) < 4.78 is 10.4. The minimum absolute atomic E-state index is 0.214. The summed E-state index contributed by atoms with van der Waals surface area (Å²) in [5.74, 6) is 0.882. The highest BCUT2D eigenvalue weighted by molar-refractivity contribution is 6.04. The zero-order valence-electron chi connectivity index (χ0n) is 15.2. The summed E-state index contributed by atoms with van der Waals surface area (Å²) >= 11 is 0. The Morgan fingerprint density at radius 2 is 1.56 bits per heavy atom. The van der Waals surface area contributed by atoms with Crippen LogP contribution in [-0.2, 0) is 6.54 Å². The Morgan fingerprint density at radius 1 is 0.889 bits per heavy atom. The Bertz CT molecular complexity index is 896. The van der Waals surface area contributed by atoms with Crippen molar-refractivity contribution in [3.63, 3.8) is 0 Å². The van der Waals surface area contributed by atoms with E-state index in [0.717, 1.165) is 11.3 Å². The third kappa shape index (κ3) is 4.76. The van der Waals surface area contributed by atoms with E-state index in [2.05, 4.69) is 15.6 Å². The predicted octanol–water partition coefficient (Wildman–Crippen LogP) is 3.96. The lowest BCUT2D eigenvalue weighted by Gasteiger charge is -2.11. The summed E-state index contributed by atoms with van der Waals surface area (Å²) in [6.45, 7) is 0.708. The van der Waals surface area contributed by atoms with Crippen LogP contribution in [0.3, 0.4) is 0 Å². The molecule has 3 aromatic rings. The van der Waals surface area contributed by atoms with Gasteiger partial charge in [0, 0.05) is 35.9 Å². The minimum atomic E-state index is -0.214. The van der Waals surface area contributed by atoms with Crippen molar-refractivity contribution in [3.8, 4) is 11.5 Å². The molecule has 1 aromatic heterocycles.